The van der Waals surface area contributed by atoms with E-state index >= 15 is 0 Å². The Labute approximate surface area is 175 Å². The summed E-state index contributed by atoms with van der Waals surface area (Å²) in [6.07, 6.45) is -1.27. The minimum Gasteiger partial charge on any atom is -0.195 e. The highest BCUT2D eigenvalue weighted by atomic mass is 14.1. The Kier molecular flexibility index (Phi) is 5.15. The van der Waals surface area contributed by atoms with Gasteiger partial charge in [-0.3, -0.25) is 0 Å². The second-order valence-corrected chi connectivity index (χ2v) is 8.51. The molecule has 0 saturated carbocycles. The number of hydrogen-bond donors (Lipinski definition) is 0. The molecule has 0 aliphatic heterocycles. The molecule has 144 valence electrons. The highest BCUT2D eigenvalue weighted by molar-refractivity contribution is 7.19. The van der Waals surface area contributed by atoms with Crippen LogP contribution in [0.15, 0.2) is 97.1 Å². The predicted octanol–water partition coefficient (Wildman–Crippen LogP) is 4.30. The maximum atomic E-state index is 2.31. The molecule has 0 bridgehead atoms. The van der Waals surface area contributed by atoms with Gasteiger partial charge in [-0.25, -0.2) is 0 Å². The molecule has 0 unspecified atom stereocenters. The molecule has 0 aromatic heterocycles. The largest absolute Gasteiger partial charge is 0.195 e. The van der Waals surface area contributed by atoms with Gasteiger partial charge in [0.2, 0.25) is 0 Å². The van der Waals surface area contributed by atoms with Crippen LogP contribution in [0.4, 0.5) is 0 Å². The number of hydrogen-bond acceptors (Lipinski definition) is 0. The second kappa shape index (κ2) is 7.76. The van der Waals surface area contributed by atoms with Gasteiger partial charge < -0.3 is 0 Å². The number of aryl methyl sites for hydroxylation is 4. The van der Waals surface area contributed by atoms with E-state index in [0.717, 1.165) is 0 Å². The van der Waals surface area contributed by atoms with Crippen LogP contribution in [0.5, 0.6) is 0 Å². The fourth-order valence-corrected chi connectivity index (χ4v) is 4.58. The molecule has 0 heterocycles. The normalized spacial score (nSPS) is 11.4. The second-order valence-electron chi connectivity index (χ2n) is 8.51. The van der Waals surface area contributed by atoms with Gasteiger partial charge in [0.15, 0.2) is 0 Å². The standard InChI is InChI=1S/C28H28B/c1-21-5-13-25(14-6-21)29(26-15-7-22(2)8-16-26,27-17-9-23(3)10-18-27)28-19-11-24(4)12-20-28/h5-20H,1-4H3/q-1. The third kappa shape index (κ3) is 3.54. The van der Waals surface area contributed by atoms with E-state index in [1.165, 1.54) is 44.1 Å². The molecule has 0 spiro atoms. The van der Waals surface area contributed by atoms with Crippen molar-refractivity contribution in [1.29, 1.82) is 0 Å². The van der Waals surface area contributed by atoms with Gasteiger partial charge in [0, 0.05) is 0 Å². The summed E-state index contributed by atoms with van der Waals surface area (Å²) in [5.41, 5.74) is 10.6. The van der Waals surface area contributed by atoms with Gasteiger partial charge in [-0.2, -0.15) is 21.9 Å². The maximum Gasteiger partial charge on any atom is 0.108 e. The summed E-state index contributed by atoms with van der Waals surface area (Å²) in [6.45, 7) is 8.62. The van der Waals surface area contributed by atoms with Crippen molar-refractivity contribution in [3.05, 3.63) is 119 Å². The molecule has 4 aromatic rings. The zero-order valence-electron chi connectivity index (χ0n) is 17.8. The summed E-state index contributed by atoms with van der Waals surface area (Å²) in [4.78, 5) is 0. The van der Waals surface area contributed by atoms with Crippen molar-refractivity contribution >= 4 is 28.0 Å². The Bertz CT molecular complexity index is 900. The van der Waals surface area contributed by atoms with Gasteiger partial charge >= 0.3 is 0 Å². The molecule has 0 saturated heterocycles. The molecule has 4 rings (SSSR count). The van der Waals surface area contributed by atoms with E-state index in [4.69, 9.17) is 0 Å². The van der Waals surface area contributed by atoms with Crippen molar-refractivity contribution in [2.75, 3.05) is 0 Å². The van der Waals surface area contributed by atoms with E-state index in [2.05, 4.69) is 125 Å². The minimum atomic E-state index is -1.27. The van der Waals surface area contributed by atoms with Crippen LogP contribution in [0.3, 0.4) is 0 Å². The summed E-state index contributed by atoms with van der Waals surface area (Å²) in [7, 11) is 0. The van der Waals surface area contributed by atoms with Crippen LogP contribution in [0.1, 0.15) is 22.3 Å². The highest BCUT2D eigenvalue weighted by Gasteiger charge is 2.31. The summed E-state index contributed by atoms with van der Waals surface area (Å²) in [5.74, 6) is 0. The van der Waals surface area contributed by atoms with Crippen molar-refractivity contribution in [2.24, 2.45) is 0 Å². The Morgan fingerprint density at radius 3 is 0.655 bits per heavy atom. The van der Waals surface area contributed by atoms with Gasteiger partial charge in [-0.05, 0) is 27.7 Å². The average Bonchev–Trinajstić information content (AvgIpc) is 2.73. The molecule has 0 aliphatic carbocycles. The van der Waals surface area contributed by atoms with Gasteiger partial charge in [0.05, 0.1) is 0 Å². The van der Waals surface area contributed by atoms with Crippen LogP contribution >= 0.6 is 0 Å². The molecule has 4 aromatic carbocycles. The lowest BCUT2D eigenvalue weighted by atomic mass is 9.13. The fourth-order valence-electron chi connectivity index (χ4n) is 4.58. The first-order valence-corrected chi connectivity index (χ1v) is 10.4. The molecule has 0 fully saturated rings. The first-order chi connectivity index (χ1) is 14.0. The maximum absolute atomic E-state index is 2.31. The lowest BCUT2D eigenvalue weighted by Crippen LogP contribution is -2.74. The Morgan fingerprint density at radius 1 is 0.310 bits per heavy atom. The number of benzene rings is 4. The SMILES string of the molecule is Cc1ccc([B-](c2ccc(C)cc2)(c2ccc(C)cc2)c2ccc(C)cc2)cc1. The zero-order valence-corrected chi connectivity index (χ0v) is 17.8. The molecular formula is C28H28B-. The van der Waals surface area contributed by atoms with Crippen molar-refractivity contribution < 1.29 is 0 Å². The van der Waals surface area contributed by atoms with Gasteiger partial charge in [-0.1, -0.05) is 119 Å². The lowest BCUT2D eigenvalue weighted by Gasteiger charge is -2.44. The van der Waals surface area contributed by atoms with E-state index in [9.17, 15) is 0 Å². The van der Waals surface area contributed by atoms with E-state index in [1.807, 2.05) is 0 Å². The lowest BCUT2D eigenvalue weighted by molar-refractivity contribution is 1.46. The Morgan fingerprint density at radius 2 is 0.483 bits per heavy atom. The minimum absolute atomic E-state index is 1.27. The van der Waals surface area contributed by atoms with Gasteiger partial charge in [0.25, 0.3) is 0 Å². The van der Waals surface area contributed by atoms with Crippen LogP contribution in [0.2, 0.25) is 0 Å². The van der Waals surface area contributed by atoms with Gasteiger partial charge in [0.1, 0.15) is 6.15 Å². The van der Waals surface area contributed by atoms with E-state index in [1.54, 1.807) is 0 Å². The van der Waals surface area contributed by atoms with E-state index in [-0.39, 0.29) is 0 Å². The molecular weight excluding hydrogens is 347 g/mol. The van der Waals surface area contributed by atoms with Gasteiger partial charge in [-0.15, -0.1) is 0 Å². The quantitative estimate of drug-likeness (QED) is 0.467. The van der Waals surface area contributed by atoms with Crippen LogP contribution in [0.25, 0.3) is 0 Å². The molecule has 0 aliphatic rings. The highest BCUT2D eigenvalue weighted by Crippen LogP contribution is 2.12. The molecule has 0 nitrogen and oxygen atoms in total. The zero-order chi connectivity index (χ0) is 20.4. The smallest absolute Gasteiger partial charge is 0.108 e. The Balaban J connectivity index is 2.11. The molecule has 29 heavy (non-hydrogen) atoms. The van der Waals surface area contributed by atoms with Crippen LogP contribution in [-0.2, 0) is 0 Å². The molecule has 0 N–H and O–H groups in total. The third-order valence-corrected chi connectivity index (χ3v) is 6.31. The summed E-state index contributed by atoms with van der Waals surface area (Å²) >= 11 is 0. The fraction of sp³-hybridized carbons (Fsp3) is 0.143. The molecule has 0 radical (unpaired) electrons. The molecule has 0 amide bonds. The summed E-state index contributed by atoms with van der Waals surface area (Å²) in [6, 6.07) is 36.4. The first kappa shape index (κ1) is 19.3. The first-order valence-electron chi connectivity index (χ1n) is 10.4. The molecule has 0 atom stereocenters. The van der Waals surface area contributed by atoms with Crippen molar-refractivity contribution in [1.82, 2.24) is 0 Å². The van der Waals surface area contributed by atoms with Crippen LogP contribution in [-0.4, -0.2) is 6.15 Å². The summed E-state index contributed by atoms with van der Waals surface area (Å²) < 4.78 is 0. The number of rotatable bonds is 4. The third-order valence-electron chi connectivity index (χ3n) is 6.31. The predicted molar refractivity (Wildman–Crippen MR) is 129 cm³/mol. The van der Waals surface area contributed by atoms with Crippen molar-refractivity contribution in [2.45, 2.75) is 27.7 Å². The monoisotopic (exact) mass is 375 g/mol. The van der Waals surface area contributed by atoms with E-state index in [0.29, 0.717) is 0 Å². The van der Waals surface area contributed by atoms with Crippen LogP contribution in [0, 0.1) is 27.7 Å². The topological polar surface area (TPSA) is 0 Å². The summed E-state index contributed by atoms with van der Waals surface area (Å²) in [5, 5.41) is 0. The average molecular weight is 375 g/mol. The van der Waals surface area contributed by atoms with Crippen LogP contribution < -0.4 is 21.9 Å². The Hall–Kier alpha value is -3.06. The van der Waals surface area contributed by atoms with E-state index < -0.39 is 6.15 Å². The van der Waals surface area contributed by atoms with Crippen molar-refractivity contribution in [3.63, 3.8) is 0 Å². The van der Waals surface area contributed by atoms with Crippen molar-refractivity contribution in [3.8, 4) is 0 Å². The molecule has 1 heteroatoms.